The summed E-state index contributed by atoms with van der Waals surface area (Å²) in [7, 11) is 0. The summed E-state index contributed by atoms with van der Waals surface area (Å²) < 4.78 is 0. The molecule has 1 amide bonds. The van der Waals surface area contributed by atoms with Gasteiger partial charge in [0.15, 0.2) is 0 Å². The number of aryl methyl sites for hydroxylation is 2. The lowest BCUT2D eigenvalue weighted by atomic mass is 10.1. The largest absolute Gasteiger partial charge is 0.385 e. The number of nitrogens with one attached hydrogen (secondary N) is 2. The topological polar surface area (TPSA) is 54.0 Å². The number of carbonyl (C=O) groups excluding carboxylic acids is 1. The average Bonchev–Trinajstić information content (AvgIpc) is 2.48. The van der Waals surface area contributed by atoms with Gasteiger partial charge in [-0.15, -0.1) is 0 Å². The fourth-order valence-electron chi connectivity index (χ4n) is 2.14. The third-order valence-corrected chi connectivity index (χ3v) is 3.25. The Bertz CT molecular complexity index is 638. The van der Waals surface area contributed by atoms with E-state index in [4.69, 9.17) is 0 Å². The quantitative estimate of drug-likeness (QED) is 0.881. The van der Waals surface area contributed by atoms with Crippen molar-refractivity contribution < 1.29 is 4.79 Å². The Morgan fingerprint density at radius 3 is 2.76 bits per heavy atom. The highest BCUT2D eigenvalue weighted by Gasteiger charge is 2.12. The van der Waals surface area contributed by atoms with Crippen LogP contribution in [-0.2, 0) is 6.42 Å². The summed E-state index contributed by atoms with van der Waals surface area (Å²) in [5, 5.41) is 6.14. The number of hydrogen-bond acceptors (Lipinski definition) is 3. The van der Waals surface area contributed by atoms with Gasteiger partial charge in [-0.3, -0.25) is 9.78 Å². The predicted octanol–water partition coefficient (Wildman–Crippen LogP) is 3.64. The molecule has 21 heavy (non-hydrogen) atoms. The minimum atomic E-state index is -0.147. The average molecular weight is 283 g/mol. The van der Waals surface area contributed by atoms with Gasteiger partial charge in [-0.1, -0.05) is 19.1 Å². The number of pyridine rings is 1. The first-order chi connectivity index (χ1) is 10.1. The first-order valence-electron chi connectivity index (χ1n) is 7.24. The molecule has 2 rings (SSSR count). The maximum atomic E-state index is 12.4. The maximum absolute atomic E-state index is 12.4. The summed E-state index contributed by atoms with van der Waals surface area (Å²) in [5.74, 6) is -0.147. The van der Waals surface area contributed by atoms with Gasteiger partial charge in [-0.05, 0) is 44.0 Å². The third kappa shape index (κ3) is 3.81. The predicted molar refractivity (Wildman–Crippen MR) is 86.9 cm³/mol. The Morgan fingerprint density at radius 1 is 1.24 bits per heavy atom. The van der Waals surface area contributed by atoms with Gasteiger partial charge in [0.25, 0.3) is 5.91 Å². The lowest BCUT2D eigenvalue weighted by Crippen LogP contribution is -2.15. The van der Waals surface area contributed by atoms with Crippen molar-refractivity contribution in [2.75, 3.05) is 17.2 Å². The third-order valence-electron chi connectivity index (χ3n) is 3.25. The van der Waals surface area contributed by atoms with E-state index in [0.29, 0.717) is 5.56 Å². The zero-order valence-electron chi connectivity index (χ0n) is 12.7. The summed E-state index contributed by atoms with van der Waals surface area (Å²) >= 11 is 0. The van der Waals surface area contributed by atoms with Crippen LogP contribution >= 0.6 is 0 Å². The molecule has 0 aliphatic carbocycles. The van der Waals surface area contributed by atoms with Crippen LogP contribution in [0.25, 0.3) is 0 Å². The normalized spacial score (nSPS) is 10.2. The second kappa shape index (κ2) is 6.88. The molecule has 0 unspecified atom stereocenters. The van der Waals surface area contributed by atoms with Crippen molar-refractivity contribution in [3.8, 4) is 0 Å². The monoisotopic (exact) mass is 283 g/mol. The van der Waals surface area contributed by atoms with Crippen molar-refractivity contribution in [1.82, 2.24) is 4.98 Å². The molecule has 0 aliphatic heterocycles. The summed E-state index contributed by atoms with van der Waals surface area (Å²) in [4.78, 5) is 16.6. The first-order valence-corrected chi connectivity index (χ1v) is 7.24. The second-order valence-corrected chi connectivity index (χ2v) is 4.91. The molecule has 1 heterocycles. The molecule has 0 aliphatic rings. The van der Waals surface area contributed by atoms with Gasteiger partial charge >= 0.3 is 0 Å². The van der Waals surface area contributed by atoms with Crippen molar-refractivity contribution in [3.05, 3.63) is 53.3 Å². The molecule has 0 bridgehead atoms. The standard InChI is InChI=1S/C17H21N3O/c1-4-13-7-6-8-14(10-13)20-17(21)15-11-19-12(3)9-16(15)18-5-2/h6-11H,4-5H2,1-3H3,(H,18,19)(H,20,21). The van der Waals surface area contributed by atoms with Gasteiger partial charge in [0, 0.05) is 24.1 Å². The van der Waals surface area contributed by atoms with Crippen LogP contribution in [0.15, 0.2) is 36.5 Å². The van der Waals surface area contributed by atoms with Gasteiger partial charge in [0.05, 0.1) is 11.3 Å². The Balaban J connectivity index is 2.23. The van der Waals surface area contributed by atoms with Crippen LogP contribution in [0.4, 0.5) is 11.4 Å². The van der Waals surface area contributed by atoms with E-state index in [2.05, 4.69) is 22.5 Å². The zero-order valence-corrected chi connectivity index (χ0v) is 12.7. The molecule has 2 N–H and O–H groups in total. The number of rotatable bonds is 5. The molecule has 4 nitrogen and oxygen atoms in total. The Morgan fingerprint density at radius 2 is 2.05 bits per heavy atom. The maximum Gasteiger partial charge on any atom is 0.259 e. The van der Waals surface area contributed by atoms with Crippen LogP contribution in [0.1, 0.15) is 35.5 Å². The lowest BCUT2D eigenvalue weighted by molar-refractivity contribution is 0.102. The van der Waals surface area contributed by atoms with Crippen molar-refractivity contribution >= 4 is 17.3 Å². The highest BCUT2D eigenvalue weighted by Crippen LogP contribution is 2.18. The van der Waals surface area contributed by atoms with E-state index in [0.717, 1.165) is 30.0 Å². The highest BCUT2D eigenvalue weighted by molar-refractivity contribution is 6.07. The molecular formula is C17H21N3O. The van der Waals surface area contributed by atoms with E-state index < -0.39 is 0 Å². The number of aromatic nitrogens is 1. The molecule has 2 aromatic rings. The van der Waals surface area contributed by atoms with E-state index in [9.17, 15) is 4.79 Å². The van der Waals surface area contributed by atoms with E-state index in [1.807, 2.05) is 44.2 Å². The highest BCUT2D eigenvalue weighted by atomic mass is 16.1. The smallest absolute Gasteiger partial charge is 0.259 e. The summed E-state index contributed by atoms with van der Waals surface area (Å²) in [6, 6.07) is 9.78. The molecule has 0 fully saturated rings. The van der Waals surface area contributed by atoms with Gasteiger partial charge in [-0.2, -0.15) is 0 Å². The molecule has 0 spiro atoms. The molecule has 0 atom stereocenters. The number of nitrogens with zero attached hydrogens (tertiary/aromatic N) is 1. The summed E-state index contributed by atoms with van der Waals surface area (Å²) in [6.07, 6.45) is 2.56. The summed E-state index contributed by atoms with van der Waals surface area (Å²) in [5.41, 5.74) is 4.26. The molecule has 4 heteroatoms. The van der Waals surface area contributed by atoms with Gasteiger partial charge in [0.2, 0.25) is 0 Å². The fourth-order valence-corrected chi connectivity index (χ4v) is 2.14. The zero-order chi connectivity index (χ0) is 15.2. The van der Waals surface area contributed by atoms with Gasteiger partial charge < -0.3 is 10.6 Å². The van der Waals surface area contributed by atoms with E-state index in [-0.39, 0.29) is 5.91 Å². The molecule has 0 radical (unpaired) electrons. The molecule has 0 saturated carbocycles. The number of amides is 1. The van der Waals surface area contributed by atoms with Crippen molar-refractivity contribution in [1.29, 1.82) is 0 Å². The van der Waals surface area contributed by atoms with E-state index in [1.165, 1.54) is 5.56 Å². The minimum absolute atomic E-state index is 0.147. The van der Waals surface area contributed by atoms with Crippen LogP contribution in [0, 0.1) is 6.92 Å². The molecule has 110 valence electrons. The molecule has 1 aromatic carbocycles. The van der Waals surface area contributed by atoms with Crippen molar-refractivity contribution in [3.63, 3.8) is 0 Å². The Kier molecular flexibility index (Phi) is 4.93. The number of anilines is 2. The lowest BCUT2D eigenvalue weighted by Gasteiger charge is -2.12. The van der Waals surface area contributed by atoms with Gasteiger partial charge in [0.1, 0.15) is 0 Å². The van der Waals surface area contributed by atoms with Crippen LogP contribution in [-0.4, -0.2) is 17.4 Å². The van der Waals surface area contributed by atoms with Gasteiger partial charge in [-0.25, -0.2) is 0 Å². The first kappa shape index (κ1) is 15.0. The minimum Gasteiger partial charge on any atom is -0.385 e. The second-order valence-electron chi connectivity index (χ2n) is 4.91. The van der Waals surface area contributed by atoms with Crippen LogP contribution < -0.4 is 10.6 Å². The van der Waals surface area contributed by atoms with Crippen LogP contribution in [0.3, 0.4) is 0 Å². The molecule has 0 saturated heterocycles. The van der Waals surface area contributed by atoms with Crippen LogP contribution in [0.5, 0.6) is 0 Å². The van der Waals surface area contributed by atoms with Crippen molar-refractivity contribution in [2.24, 2.45) is 0 Å². The SMILES string of the molecule is CCNc1cc(C)ncc1C(=O)Nc1cccc(CC)c1. The van der Waals surface area contributed by atoms with E-state index in [1.54, 1.807) is 6.20 Å². The van der Waals surface area contributed by atoms with Crippen molar-refractivity contribution in [2.45, 2.75) is 27.2 Å². The number of carbonyl (C=O) groups is 1. The molecular weight excluding hydrogens is 262 g/mol. The number of benzene rings is 1. The Labute approximate surface area is 125 Å². The summed E-state index contributed by atoms with van der Waals surface area (Å²) in [6.45, 7) is 6.76. The number of hydrogen-bond donors (Lipinski definition) is 2. The molecule has 1 aromatic heterocycles. The van der Waals surface area contributed by atoms with E-state index >= 15 is 0 Å². The fraction of sp³-hybridized carbons (Fsp3) is 0.294. The Hall–Kier alpha value is -2.36. The van der Waals surface area contributed by atoms with Crippen LogP contribution in [0.2, 0.25) is 0 Å².